The highest BCUT2D eigenvalue weighted by Gasteiger charge is 2.26. The van der Waals surface area contributed by atoms with E-state index in [2.05, 4.69) is 21.2 Å². The van der Waals surface area contributed by atoms with Crippen molar-refractivity contribution in [3.8, 4) is 0 Å². The van der Waals surface area contributed by atoms with Gasteiger partial charge in [0.15, 0.2) is 0 Å². The molecule has 0 radical (unpaired) electrons. The molecule has 1 aliphatic carbocycles. The van der Waals surface area contributed by atoms with Crippen molar-refractivity contribution in [2.75, 3.05) is 7.05 Å². The van der Waals surface area contributed by atoms with Crippen LogP contribution in [-0.4, -0.2) is 13.1 Å². The zero-order valence-electron chi connectivity index (χ0n) is 10.5. The SMILES string of the molecule is CNC1CCCCC(c2c(F)ccc(Br)c2F)C1. The number of benzene rings is 1. The van der Waals surface area contributed by atoms with E-state index in [0.717, 1.165) is 32.1 Å². The van der Waals surface area contributed by atoms with E-state index >= 15 is 0 Å². The maximum atomic E-state index is 14.1. The fraction of sp³-hybridized carbons (Fsp3) is 0.571. The minimum atomic E-state index is -0.434. The van der Waals surface area contributed by atoms with Crippen LogP contribution in [0.25, 0.3) is 0 Å². The molecule has 1 aliphatic rings. The van der Waals surface area contributed by atoms with Crippen LogP contribution in [0.4, 0.5) is 8.78 Å². The van der Waals surface area contributed by atoms with Crippen molar-refractivity contribution in [2.45, 2.75) is 44.1 Å². The Morgan fingerprint density at radius 1 is 1.22 bits per heavy atom. The van der Waals surface area contributed by atoms with Crippen molar-refractivity contribution in [1.29, 1.82) is 0 Å². The summed E-state index contributed by atoms with van der Waals surface area (Å²) in [7, 11) is 1.92. The van der Waals surface area contributed by atoms with Gasteiger partial charge in [0.1, 0.15) is 11.6 Å². The lowest BCUT2D eigenvalue weighted by molar-refractivity contribution is 0.443. The van der Waals surface area contributed by atoms with Gasteiger partial charge in [-0.3, -0.25) is 0 Å². The van der Waals surface area contributed by atoms with Crippen LogP contribution in [0.2, 0.25) is 0 Å². The summed E-state index contributed by atoms with van der Waals surface area (Å²) >= 11 is 3.14. The van der Waals surface area contributed by atoms with Gasteiger partial charge in [0, 0.05) is 11.6 Å². The maximum absolute atomic E-state index is 14.1. The minimum Gasteiger partial charge on any atom is -0.317 e. The molecule has 0 spiro atoms. The summed E-state index contributed by atoms with van der Waals surface area (Å²) in [5.41, 5.74) is 0.256. The second-order valence-corrected chi connectivity index (χ2v) is 5.81. The second-order valence-electron chi connectivity index (χ2n) is 4.96. The number of rotatable bonds is 2. The molecule has 1 aromatic rings. The highest BCUT2D eigenvalue weighted by atomic mass is 79.9. The normalized spacial score (nSPS) is 24.9. The van der Waals surface area contributed by atoms with Crippen LogP contribution in [0.1, 0.15) is 43.6 Å². The molecule has 0 saturated heterocycles. The molecule has 1 N–H and O–H groups in total. The molecule has 18 heavy (non-hydrogen) atoms. The van der Waals surface area contributed by atoms with E-state index in [-0.39, 0.29) is 11.5 Å². The van der Waals surface area contributed by atoms with Crippen molar-refractivity contribution >= 4 is 15.9 Å². The first-order valence-electron chi connectivity index (χ1n) is 6.44. The monoisotopic (exact) mass is 317 g/mol. The summed E-state index contributed by atoms with van der Waals surface area (Å²) in [6.45, 7) is 0. The van der Waals surface area contributed by atoms with Crippen LogP contribution in [0, 0.1) is 11.6 Å². The molecule has 100 valence electrons. The number of halogens is 3. The smallest absolute Gasteiger partial charge is 0.143 e. The summed E-state index contributed by atoms with van der Waals surface area (Å²) in [5, 5.41) is 3.24. The Morgan fingerprint density at radius 3 is 2.67 bits per heavy atom. The van der Waals surface area contributed by atoms with E-state index in [4.69, 9.17) is 0 Å². The summed E-state index contributed by atoms with van der Waals surface area (Å²) < 4.78 is 28.4. The van der Waals surface area contributed by atoms with Crippen LogP contribution < -0.4 is 5.32 Å². The van der Waals surface area contributed by atoms with E-state index in [0.29, 0.717) is 10.5 Å². The molecule has 1 aromatic carbocycles. The number of nitrogens with one attached hydrogen (secondary N) is 1. The van der Waals surface area contributed by atoms with Gasteiger partial charge in [-0.05, 0) is 60.3 Å². The fourth-order valence-corrected chi connectivity index (χ4v) is 3.15. The molecule has 4 heteroatoms. The maximum Gasteiger partial charge on any atom is 0.143 e. The van der Waals surface area contributed by atoms with Crippen LogP contribution in [-0.2, 0) is 0 Å². The van der Waals surface area contributed by atoms with Gasteiger partial charge in [-0.1, -0.05) is 12.8 Å². The topological polar surface area (TPSA) is 12.0 Å². The van der Waals surface area contributed by atoms with E-state index in [9.17, 15) is 8.78 Å². The predicted molar refractivity (Wildman–Crippen MR) is 72.7 cm³/mol. The Balaban J connectivity index is 2.32. The Kier molecular flexibility index (Phi) is 4.73. The second kappa shape index (κ2) is 6.11. The molecule has 1 saturated carbocycles. The molecule has 0 aromatic heterocycles. The zero-order chi connectivity index (χ0) is 13.1. The first-order valence-corrected chi connectivity index (χ1v) is 7.23. The molecule has 2 rings (SSSR count). The molecule has 0 aliphatic heterocycles. The van der Waals surface area contributed by atoms with Crippen LogP contribution in [0.3, 0.4) is 0 Å². The van der Waals surface area contributed by atoms with Gasteiger partial charge in [-0.2, -0.15) is 0 Å². The minimum absolute atomic E-state index is 0.0255. The summed E-state index contributed by atoms with van der Waals surface area (Å²) in [6, 6.07) is 3.14. The highest BCUT2D eigenvalue weighted by Crippen LogP contribution is 2.36. The van der Waals surface area contributed by atoms with Crippen molar-refractivity contribution in [1.82, 2.24) is 5.32 Å². The molecule has 0 amide bonds. The molecular weight excluding hydrogens is 300 g/mol. The van der Waals surface area contributed by atoms with Gasteiger partial charge in [0.05, 0.1) is 4.47 Å². The van der Waals surface area contributed by atoms with Crippen LogP contribution >= 0.6 is 15.9 Å². The highest BCUT2D eigenvalue weighted by molar-refractivity contribution is 9.10. The van der Waals surface area contributed by atoms with E-state index < -0.39 is 11.6 Å². The van der Waals surface area contributed by atoms with E-state index in [1.807, 2.05) is 7.05 Å². The van der Waals surface area contributed by atoms with Gasteiger partial charge in [-0.25, -0.2) is 8.78 Å². The standard InChI is InChI=1S/C14H18BrF2N/c1-18-10-5-3-2-4-9(8-10)13-12(16)7-6-11(15)14(13)17/h6-7,9-10,18H,2-5,8H2,1H3. The van der Waals surface area contributed by atoms with Gasteiger partial charge < -0.3 is 5.32 Å². The molecule has 0 bridgehead atoms. The predicted octanol–water partition coefficient (Wildman–Crippen LogP) is 4.36. The van der Waals surface area contributed by atoms with Crippen molar-refractivity contribution in [3.63, 3.8) is 0 Å². The average Bonchev–Trinajstić information content (AvgIpc) is 2.60. The largest absolute Gasteiger partial charge is 0.317 e. The van der Waals surface area contributed by atoms with Gasteiger partial charge >= 0.3 is 0 Å². The third-order valence-electron chi connectivity index (χ3n) is 3.82. The molecule has 2 unspecified atom stereocenters. The lowest BCUT2D eigenvalue weighted by Gasteiger charge is -2.21. The Morgan fingerprint density at radius 2 is 1.94 bits per heavy atom. The molecule has 0 heterocycles. The summed E-state index contributed by atoms with van der Waals surface area (Å²) in [4.78, 5) is 0. The molecule has 1 nitrogen and oxygen atoms in total. The van der Waals surface area contributed by atoms with Gasteiger partial charge in [0.2, 0.25) is 0 Å². The van der Waals surface area contributed by atoms with Crippen molar-refractivity contribution < 1.29 is 8.78 Å². The quantitative estimate of drug-likeness (QED) is 0.631. The Hall–Kier alpha value is -0.480. The summed E-state index contributed by atoms with van der Waals surface area (Å²) in [6.07, 6.45) is 4.92. The van der Waals surface area contributed by atoms with E-state index in [1.165, 1.54) is 12.1 Å². The average molecular weight is 318 g/mol. The third kappa shape index (κ3) is 2.91. The first-order chi connectivity index (χ1) is 8.63. The lowest BCUT2D eigenvalue weighted by Crippen LogP contribution is -2.26. The third-order valence-corrected chi connectivity index (χ3v) is 4.43. The van der Waals surface area contributed by atoms with E-state index in [1.54, 1.807) is 0 Å². The molecular formula is C14H18BrF2N. The van der Waals surface area contributed by atoms with Crippen molar-refractivity contribution in [3.05, 3.63) is 33.8 Å². The van der Waals surface area contributed by atoms with Crippen LogP contribution in [0.5, 0.6) is 0 Å². The summed E-state index contributed by atoms with van der Waals surface area (Å²) in [5.74, 6) is -0.878. The Bertz CT molecular complexity index is 423. The van der Waals surface area contributed by atoms with Crippen molar-refractivity contribution in [2.24, 2.45) is 0 Å². The fourth-order valence-electron chi connectivity index (χ4n) is 2.80. The molecule has 1 fully saturated rings. The van der Waals surface area contributed by atoms with Gasteiger partial charge in [0.25, 0.3) is 0 Å². The number of hydrogen-bond donors (Lipinski definition) is 1. The zero-order valence-corrected chi connectivity index (χ0v) is 12.1. The van der Waals surface area contributed by atoms with Crippen LogP contribution in [0.15, 0.2) is 16.6 Å². The van der Waals surface area contributed by atoms with Gasteiger partial charge in [-0.15, -0.1) is 0 Å². The lowest BCUT2D eigenvalue weighted by atomic mass is 9.89. The first kappa shape index (κ1) is 13.9. The molecule has 2 atom stereocenters. The Labute approximate surface area is 115 Å². The number of hydrogen-bond acceptors (Lipinski definition) is 1.